The van der Waals surface area contributed by atoms with Crippen LogP contribution in [0.2, 0.25) is 0 Å². The van der Waals surface area contributed by atoms with Gasteiger partial charge >= 0.3 is 0 Å². The van der Waals surface area contributed by atoms with Gasteiger partial charge in [-0.1, -0.05) is 50.6 Å². The quantitative estimate of drug-likeness (QED) is 0.527. The molecule has 0 fully saturated rings. The van der Waals surface area contributed by atoms with Crippen LogP contribution in [0.1, 0.15) is 42.0 Å². The minimum atomic E-state index is 0.0201. The third-order valence-electron chi connectivity index (χ3n) is 3.65. The Labute approximate surface area is 132 Å². The molecule has 1 heterocycles. The smallest absolute Gasteiger partial charge is 0.0760 e. The first-order valence-corrected chi connectivity index (χ1v) is 8.68. The Bertz CT molecular complexity index is 508. The summed E-state index contributed by atoms with van der Waals surface area (Å²) in [7, 11) is 0. The first-order chi connectivity index (χ1) is 9.15. The third kappa shape index (κ3) is 3.42. The molecule has 0 N–H and O–H groups in total. The van der Waals surface area contributed by atoms with Crippen LogP contribution in [0.3, 0.4) is 0 Å². The van der Waals surface area contributed by atoms with E-state index in [0.29, 0.717) is 11.8 Å². The van der Waals surface area contributed by atoms with E-state index in [1.54, 1.807) is 11.3 Å². The highest BCUT2D eigenvalue weighted by atomic mass is 79.9. The van der Waals surface area contributed by atoms with Crippen molar-refractivity contribution in [2.45, 2.75) is 31.6 Å². The Morgan fingerprint density at radius 1 is 1.21 bits per heavy atom. The average Bonchev–Trinajstić information content (AvgIpc) is 2.86. The van der Waals surface area contributed by atoms with Gasteiger partial charge in [-0.05, 0) is 38.9 Å². The summed E-state index contributed by atoms with van der Waals surface area (Å²) in [6.07, 6.45) is 1.13. The second kappa shape index (κ2) is 6.92. The number of halogens is 2. The van der Waals surface area contributed by atoms with Crippen LogP contribution in [-0.4, -0.2) is 0 Å². The van der Waals surface area contributed by atoms with E-state index in [1.165, 1.54) is 10.4 Å². The van der Waals surface area contributed by atoms with E-state index >= 15 is 0 Å². The molecule has 3 heteroatoms. The molecule has 19 heavy (non-hydrogen) atoms. The van der Waals surface area contributed by atoms with Crippen molar-refractivity contribution in [1.82, 2.24) is 0 Å². The van der Waals surface area contributed by atoms with E-state index < -0.39 is 0 Å². The average molecular weight is 358 g/mol. The van der Waals surface area contributed by atoms with Crippen LogP contribution in [-0.2, 0) is 0 Å². The van der Waals surface area contributed by atoms with Crippen molar-refractivity contribution in [3.8, 4) is 0 Å². The molecular formula is C16H18BrClS. The first kappa shape index (κ1) is 15.1. The number of rotatable bonds is 5. The topological polar surface area (TPSA) is 0 Å². The fourth-order valence-corrected chi connectivity index (χ4v) is 4.82. The van der Waals surface area contributed by atoms with Crippen LogP contribution in [0.5, 0.6) is 0 Å². The van der Waals surface area contributed by atoms with Crippen molar-refractivity contribution in [2.24, 2.45) is 5.92 Å². The number of hydrogen-bond acceptors (Lipinski definition) is 1. The van der Waals surface area contributed by atoms with Crippen molar-refractivity contribution in [3.05, 3.63) is 56.7 Å². The summed E-state index contributed by atoms with van der Waals surface area (Å²) in [6, 6.07) is 12.7. The normalized spacial score (nSPS) is 16.0. The molecular weight excluding hydrogens is 340 g/mol. The predicted molar refractivity (Wildman–Crippen MR) is 89.3 cm³/mol. The van der Waals surface area contributed by atoms with Crippen molar-refractivity contribution in [2.75, 3.05) is 0 Å². The van der Waals surface area contributed by atoms with Gasteiger partial charge in [0, 0.05) is 15.3 Å². The van der Waals surface area contributed by atoms with Gasteiger partial charge in [0.05, 0.1) is 5.38 Å². The summed E-state index contributed by atoms with van der Waals surface area (Å²) in [5.41, 5.74) is 1.33. The van der Waals surface area contributed by atoms with Gasteiger partial charge in [0.25, 0.3) is 0 Å². The molecule has 102 valence electrons. The summed E-state index contributed by atoms with van der Waals surface area (Å²) in [5.74, 6) is 0.904. The van der Waals surface area contributed by atoms with Gasteiger partial charge in [-0.2, -0.15) is 0 Å². The van der Waals surface area contributed by atoms with Crippen LogP contribution in [0.25, 0.3) is 0 Å². The Morgan fingerprint density at radius 3 is 2.42 bits per heavy atom. The van der Waals surface area contributed by atoms with Crippen molar-refractivity contribution in [3.63, 3.8) is 0 Å². The zero-order valence-electron chi connectivity index (χ0n) is 11.1. The molecule has 0 nitrogen and oxygen atoms in total. The Kier molecular flexibility index (Phi) is 5.49. The van der Waals surface area contributed by atoms with E-state index in [4.69, 9.17) is 11.6 Å². The van der Waals surface area contributed by atoms with Crippen LogP contribution in [0, 0.1) is 5.92 Å². The highest BCUT2D eigenvalue weighted by molar-refractivity contribution is 9.10. The standard InChI is InChI=1S/C16H18BrClS/c1-3-11(2)14(12-7-5-4-6-8-12)15(18)16-13(17)9-10-19-16/h4-11,14-15H,3H2,1-2H3. The van der Waals surface area contributed by atoms with Gasteiger partial charge in [-0.15, -0.1) is 22.9 Å². The van der Waals surface area contributed by atoms with E-state index in [9.17, 15) is 0 Å². The second-order valence-corrected chi connectivity index (χ2v) is 7.13. The number of thiophene rings is 1. The largest absolute Gasteiger partial charge is 0.146 e. The van der Waals surface area contributed by atoms with Gasteiger partial charge in [-0.25, -0.2) is 0 Å². The molecule has 3 atom stereocenters. The molecule has 0 bridgehead atoms. The molecule has 0 amide bonds. The predicted octanol–water partition coefficient (Wildman–Crippen LogP) is 6.62. The number of alkyl halides is 1. The molecule has 0 saturated carbocycles. The van der Waals surface area contributed by atoms with E-state index in [-0.39, 0.29) is 5.38 Å². The highest BCUT2D eigenvalue weighted by Crippen LogP contribution is 2.46. The maximum Gasteiger partial charge on any atom is 0.0760 e. The zero-order chi connectivity index (χ0) is 13.8. The lowest BCUT2D eigenvalue weighted by Gasteiger charge is -2.28. The van der Waals surface area contributed by atoms with Crippen LogP contribution in [0.15, 0.2) is 46.3 Å². The maximum atomic E-state index is 6.81. The van der Waals surface area contributed by atoms with Gasteiger partial charge < -0.3 is 0 Å². The second-order valence-electron chi connectivity index (χ2n) is 4.86. The van der Waals surface area contributed by atoms with Gasteiger partial charge in [0.2, 0.25) is 0 Å². The molecule has 3 unspecified atom stereocenters. The van der Waals surface area contributed by atoms with E-state index in [1.807, 2.05) is 0 Å². The molecule has 0 spiro atoms. The monoisotopic (exact) mass is 356 g/mol. The van der Waals surface area contributed by atoms with Crippen molar-refractivity contribution >= 4 is 38.9 Å². The summed E-state index contributed by atoms with van der Waals surface area (Å²) >= 11 is 12.1. The number of benzene rings is 1. The fraction of sp³-hybridized carbons (Fsp3) is 0.375. The van der Waals surface area contributed by atoms with Gasteiger partial charge in [-0.3, -0.25) is 0 Å². The Hall–Kier alpha value is -0.310. The molecule has 2 aromatic rings. The molecule has 0 aliphatic rings. The lowest BCUT2D eigenvalue weighted by atomic mass is 9.82. The molecule has 1 aromatic carbocycles. The van der Waals surface area contributed by atoms with E-state index in [2.05, 4.69) is 71.6 Å². The third-order valence-corrected chi connectivity index (χ3v) is 6.22. The molecule has 0 radical (unpaired) electrons. The lowest BCUT2D eigenvalue weighted by molar-refractivity contribution is 0.435. The Balaban J connectivity index is 2.36. The number of hydrogen-bond donors (Lipinski definition) is 0. The van der Waals surface area contributed by atoms with Crippen LogP contribution in [0.4, 0.5) is 0 Å². The van der Waals surface area contributed by atoms with Crippen molar-refractivity contribution < 1.29 is 0 Å². The minimum absolute atomic E-state index is 0.0201. The van der Waals surface area contributed by atoms with Crippen LogP contribution >= 0.6 is 38.9 Å². The summed E-state index contributed by atoms with van der Waals surface area (Å²) in [5, 5.41) is 2.11. The first-order valence-electron chi connectivity index (χ1n) is 6.57. The summed E-state index contributed by atoms with van der Waals surface area (Å²) in [4.78, 5) is 1.23. The van der Waals surface area contributed by atoms with Crippen LogP contribution < -0.4 is 0 Å². The summed E-state index contributed by atoms with van der Waals surface area (Å²) < 4.78 is 1.13. The lowest BCUT2D eigenvalue weighted by Crippen LogP contribution is -2.14. The fourth-order valence-electron chi connectivity index (χ4n) is 2.38. The molecule has 1 aromatic heterocycles. The maximum absolute atomic E-state index is 6.81. The molecule has 0 saturated heterocycles. The highest BCUT2D eigenvalue weighted by Gasteiger charge is 2.29. The van der Waals surface area contributed by atoms with E-state index in [0.717, 1.165) is 10.9 Å². The Morgan fingerprint density at radius 2 is 1.89 bits per heavy atom. The molecule has 0 aliphatic heterocycles. The van der Waals surface area contributed by atoms with Crippen molar-refractivity contribution in [1.29, 1.82) is 0 Å². The minimum Gasteiger partial charge on any atom is -0.146 e. The van der Waals surface area contributed by atoms with Gasteiger partial charge in [0.15, 0.2) is 0 Å². The zero-order valence-corrected chi connectivity index (χ0v) is 14.3. The summed E-state index contributed by atoms with van der Waals surface area (Å²) in [6.45, 7) is 4.52. The molecule has 0 aliphatic carbocycles. The van der Waals surface area contributed by atoms with Gasteiger partial charge in [0.1, 0.15) is 0 Å². The SMILES string of the molecule is CCC(C)C(c1ccccc1)C(Cl)c1sccc1Br. The molecule has 2 rings (SSSR count).